The predicted molar refractivity (Wildman–Crippen MR) is 139 cm³/mol. The lowest BCUT2D eigenvalue weighted by atomic mass is 10.0. The molecule has 1 atom stereocenters. The van der Waals surface area contributed by atoms with Crippen LogP contribution >= 0.6 is 24.0 Å². The third kappa shape index (κ3) is 8.09. The maximum atomic E-state index is 13.9. The normalized spacial score (nSPS) is 15.5. The maximum Gasteiger partial charge on any atom is 0.191 e. The van der Waals surface area contributed by atoms with Gasteiger partial charge in [-0.3, -0.25) is 9.89 Å². The number of hydrogen-bond donors (Lipinski definition) is 2. The van der Waals surface area contributed by atoms with E-state index in [9.17, 15) is 4.39 Å². The Morgan fingerprint density at radius 1 is 1.12 bits per heavy atom. The van der Waals surface area contributed by atoms with Gasteiger partial charge in [0.25, 0.3) is 0 Å². The molecular formula is C24H34FIN4O3. The van der Waals surface area contributed by atoms with Crippen molar-refractivity contribution in [3.63, 3.8) is 0 Å². The second-order valence-electron chi connectivity index (χ2n) is 7.60. The Bertz CT molecular complexity index is 877. The summed E-state index contributed by atoms with van der Waals surface area (Å²) in [7, 11) is 4.97. The molecular weight excluding hydrogens is 538 g/mol. The molecule has 1 heterocycles. The van der Waals surface area contributed by atoms with Crippen molar-refractivity contribution in [3.8, 4) is 5.75 Å². The number of morpholine rings is 1. The van der Waals surface area contributed by atoms with Crippen LogP contribution in [0.4, 0.5) is 4.39 Å². The average molecular weight is 572 g/mol. The number of guanidine groups is 1. The topological polar surface area (TPSA) is 67.4 Å². The number of benzene rings is 2. The largest absolute Gasteiger partial charge is 0.497 e. The summed E-state index contributed by atoms with van der Waals surface area (Å²) >= 11 is 0. The quantitative estimate of drug-likeness (QED) is 0.273. The number of ether oxygens (including phenoxy) is 3. The molecule has 0 radical (unpaired) electrons. The molecule has 0 spiro atoms. The molecule has 0 bridgehead atoms. The smallest absolute Gasteiger partial charge is 0.191 e. The minimum absolute atomic E-state index is 0. The molecule has 2 N–H and O–H groups in total. The highest BCUT2D eigenvalue weighted by Gasteiger charge is 2.23. The van der Waals surface area contributed by atoms with Crippen molar-refractivity contribution in [2.24, 2.45) is 4.99 Å². The van der Waals surface area contributed by atoms with E-state index in [1.54, 1.807) is 27.3 Å². The Kier molecular flexibility index (Phi) is 11.9. The zero-order valence-corrected chi connectivity index (χ0v) is 21.8. The molecule has 1 unspecified atom stereocenters. The summed E-state index contributed by atoms with van der Waals surface area (Å²) in [4.78, 5) is 6.77. The predicted octanol–water partition coefficient (Wildman–Crippen LogP) is 3.34. The number of aliphatic imine (C=N–C) groups is 1. The van der Waals surface area contributed by atoms with E-state index in [-0.39, 0.29) is 42.4 Å². The first-order valence-electron chi connectivity index (χ1n) is 10.8. The highest BCUT2D eigenvalue weighted by Crippen LogP contribution is 2.23. The second kappa shape index (κ2) is 14.3. The van der Waals surface area contributed by atoms with E-state index >= 15 is 0 Å². The number of nitrogens with zero attached hydrogens (tertiary/aromatic N) is 2. The van der Waals surface area contributed by atoms with Gasteiger partial charge < -0.3 is 24.8 Å². The highest BCUT2D eigenvalue weighted by molar-refractivity contribution is 14.0. The van der Waals surface area contributed by atoms with Crippen LogP contribution in [0.15, 0.2) is 47.5 Å². The first-order chi connectivity index (χ1) is 15.6. The first-order valence-corrected chi connectivity index (χ1v) is 10.8. The van der Waals surface area contributed by atoms with Gasteiger partial charge in [0.15, 0.2) is 5.96 Å². The summed E-state index contributed by atoms with van der Waals surface area (Å²) in [5, 5.41) is 6.76. The van der Waals surface area contributed by atoms with E-state index in [0.29, 0.717) is 24.6 Å². The van der Waals surface area contributed by atoms with Crippen molar-refractivity contribution in [2.75, 3.05) is 54.1 Å². The Labute approximate surface area is 212 Å². The molecule has 9 heteroatoms. The van der Waals surface area contributed by atoms with Crippen molar-refractivity contribution in [1.29, 1.82) is 0 Å². The zero-order valence-electron chi connectivity index (χ0n) is 19.5. The minimum atomic E-state index is -0.258. The standard InChI is InChI=1S/C24H33FN4O3.HI/c1-26-24(27-15-18-4-9-22(25)20(14-18)17-30-2)28-16-23(29-10-12-32-13-11-29)19-5-7-21(31-3)8-6-19;/h4-9,14,23H,10-13,15-17H2,1-3H3,(H2,26,27,28);1H. The van der Waals surface area contributed by atoms with Crippen LogP contribution in [0.2, 0.25) is 0 Å². The Balaban J connectivity index is 0.00000385. The molecule has 0 aliphatic carbocycles. The molecule has 3 rings (SSSR count). The lowest BCUT2D eigenvalue weighted by Crippen LogP contribution is -2.46. The molecule has 33 heavy (non-hydrogen) atoms. The van der Waals surface area contributed by atoms with Crippen LogP contribution in [-0.4, -0.2) is 65.0 Å². The third-order valence-electron chi connectivity index (χ3n) is 5.54. The third-order valence-corrected chi connectivity index (χ3v) is 5.54. The van der Waals surface area contributed by atoms with E-state index in [1.807, 2.05) is 18.2 Å². The van der Waals surface area contributed by atoms with Gasteiger partial charge in [-0.05, 0) is 35.4 Å². The van der Waals surface area contributed by atoms with E-state index in [0.717, 1.165) is 37.6 Å². The van der Waals surface area contributed by atoms with E-state index in [2.05, 4.69) is 32.7 Å². The summed E-state index contributed by atoms with van der Waals surface area (Å²) in [5.41, 5.74) is 2.71. The van der Waals surface area contributed by atoms with Gasteiger partial charge in [-0.15, -0.1) is 24.0 Å². The van der Waals surface area contributed by atoms with Crippen LogP contribution in [-0.2, 0) is 22.6 Å². The number of methoxy groups -OCH3 is 2. The van der Waals surface area contributed by atoms with Gasteiger partial charge in [-0.1, -0.05) is 18.2 Å². The Morgan fingerprint density at radius 3 is 2.48 bits per heavy atom. The molecule has 7 nitrogen and oxygen atoms in total. The van der Waals surface area contributed by atoms with E-state index in [1.165, 1.54) is 11.6 Å². The monoisotopic (exact) mass is 572 g/mol. The first kappa shape index (κ1) is 27.3. The van der Waals surface area contributed by atoms with Crippen LogP contribution in [0.3, 0.4) is 0 Å². The maximum absolute atomic E-state index is 13.9. The molecule has 2 aromatic carbocycles. The van der Waals surface area contributed by atoms with E-state index in [4.69, 9.17) is 14.2 Å². The Hall–Kier alpha value is -1.95. The van der Waals surface area contributed by atoms with Crippen LogP contribution < -0.4 is 15.4 Å². The lowest BCUT2D eigenvalue weighted by molar-refractivity contribution is 0.0170. The highest BCUT2D eigenvalue weighted by atomic mass is 127. The minimum Gasteiger partial charge on any atom is -0.497 e. The molecule has 0 saturated carbocycles. The summed E-state index contributed by atoms with van der Waals surface area (Å²) in [5.74, 6) is 1.27. The van der Waals surface area contributed by atoms with Crippen LogP contribution in [0.25, 0.3) is 0 Å². The van der Waals surface area contributed by atoms with Crippen molar-refractivity contribution in [2.45, 2.75) is 19.2 Å². The molecule has 0 aromatic heterocycles. The van der Waals surface area contributed by atoms with Crippen molar-refractivity contribution < 1.29 is 18.6 Å². The van der Waals surface area contributed by atoms with Gasteiger partial charge in [-0.25, -0.2) is 4.39 Å². The van der Waals surface area contributed by atoms with Crippen LogP contribution in [0.5, 0.6) is 5.75 Å². The van der Waals surface area contributed by atoms with Gasteiger partial charge in [0.2, 0.25) is 0 Å². The van der Waals surface area contributed by atoms with Gasteiger partial charge in [0, 0.05) is 45.9 Å². The number of halogens is 2. The lowest BCUT2D eigenvalue weighted by Gasteiger charge is -2.35. The van der Waals surface area contributed by atoms with Gasteiger partial charge in [-0.2, -0.15) is 0 Å². The molecule has 0 amide bonds. The van der Waals surface area contributed by atoms with Crippen molar-refractivity contribution in [1.82, 2.24) is 15.5 Å². The number of nitrogens with one attached hydrogen (secondary N) is 2. The molecule has 1 aliphatic rings. The SMILES string of the molecule is CN=C(NCc1ccc(F)c(COC)c1)NCC(c1ccc(OC)cc1)N1CCOCC1.I. The van der Waals surface area contributed by atoms with Gasteiger partial charge in [0.05, 0.1) is 33.0 Å². The van der Waals surface area contributed by atoms with E-state index < -0.39 is 0 Å². The number of rotatable bonds is 9. The summed E-state index contributed by atoms with van der Waals surface area (Å²) in [6.07, 6.45) is 0. The molecule has 2 aromatic rings. The number of hydrogen-bond acceptors (Lipinski definition) is 5. The second-order valence-corrected chi connectivity index (χ2v) is 7.60. The fourth-order valence-electron chi connectivity index (χ4n) is 3.78. The Morgan fingerprint density at radius 2 is 1.85 bits per heavy atom. The average Bonchev–Trinajstić information content (AvgIpc) is 2.84. The molecule has 182 valence electrons. The fourth-order valence-corrected chi connectivity index (χ4v) is 3.78. The fraction of sp³-hybridized carbons (Fsp3) is 0.458. The van der Waals surface area contributed by atoms with Crippen molar-refractivity contribution >= 4 is 29.9 Å². The van der Waals surface area contributed by atoms with Crippen LogP contribution in [0.1, 0.15) is 22.7 Å². The summed E-state index contributed by atoms with van der Waals surface area (Å²) < 4.78 is 29.8. The molecule has 1 saturated heterocycles. The molecule has 1 fully saturated rings. The van der Waals surface area contributed by atoms with Gasteiger partial charge in [0.1, 0.15) is 11.6 Å². The molecule has 1 aliphatic heterocycles. The zero-order chi connectivity index (χ0) is 22.8. The summed E-state index contributed by atoms with van der Waals surface area (Å²) in [6, 6.07) is 13.4. The van der Waals surface area contributed by atoms with Gasteiger partial charge >= 0.3 is 0 Å². The van der Waals surface area contributed by atoms with Crippen molar-refractivity contribution in [3.05, 3.63) is 65.0 Å². The van der Waals surface area contributed by atoms with Crippen LogP contribution in [0, 0.1) is 5.82 Å². The summed E-state index contributed by atoms with van der Waals surface area (Å²) in [6.45, 7) is 4.67.